The van der Waals surface area contributed by atoms with Crippen molar-refractivity contribution in [2.45, 2.75) is 37.5 Å². The first-order valence-electron chi connectivity index (χ1n) is 7.92. The second-order valence-electron chi connectivity index (χ2n) is 6.09. The highest BCUT2D eigenvalue weighted by molar-refractivity contribution is 7.92. The molecule has 0 aliphatic heterocycles. The number of primary amides is 1. The smallest absolute Gasteiger partial charge is 0.261 e. The van der Waals surface area contributed by atoms with Crippen LogP contribution in [0.25, 0.3) is 0 Å². The Bertz CT molecular complexity index is 904. The average Bonchev–Trinajstić information content (AvgIpc) is 2.56. The number of nitrogens with two attached hydrogens (primary N) is 1. The zero-order valence-electron chi connectivity index (χ0n) is 13.5. The third kappa shape index (κ3) is 3.14. The fourth-order valence-electron chi connectivity index (χ4n) is 3.09. The molecule has 0 saturated carbocycles. The molecule has 5 nitrogen and oxygen atoms in total. The maximum absolute atomic E-state index is 12.7. The minimum atomic E-state index is -3.71. The standard InChI is InChI=1S/C18H20N2O3S/c1-12-16(18(19)21)7-4-8-17(12)20-24(22,23)15-10-9-13-5-2-3-6-14(13)11-15/h4,7-11,20H,2-3,5-6H2,1H3,(H2,19,21). The summed E-state index contributed by atoms with van der Waals surface area (Å²) < 4.78 is 28.0. The van der Waals surface area contributed by atoms with Gasteiger partial charge in [-0.2, -0.15) is 0 Å². The van der Waals surface area contributed by atoms with Crippen molar-refractivity contribution in [2.75, 3.05) is 4.72 Å². The number of benzene rings is 2. The zero-order valence-corrected chi connectivity index (χ0v) is 14.3. The Labute approximate surface area is 141 Å². The first-order chi connectivity index (χ1) is 11.4. The molecule has 3 rings (SSSR count). The lowest BCUT2D eigenvalue weighted by Crippen LogP contribution is -2.17. The Morgan fingerprint density at radius 1 is 1.08 bits per heavy atom. The molecule has 0 radical (unpaired) electrons. The van der Waals surface area contributed by atoms with Crippen molar-refractivity contribution in [2.24, 2.45) is 5.73 Å². The second kappa shape index (κ2) is 6.28. The normalized spacial score (nSPS) is 14.0. The van der Waals surface area contributed by atoms with E-state index in [-0.39, 0.29) is 4.90 Å². The molecule has 0 fully saturated rings. The Morgan fingerprint density at radius 2 is 1.79 bits per heavy atom. The summed E-state index contributed by atoms with van der Waals surface area (Å²) in [4.78, 5) is 11.7. The van der Waals surface area contributed by atoms with Crippen molar-refractivity contribution in [1.29, 1.82) is 0 Å². The third-order valence-corrected chi connectivity index (χ3v) is 5.84. The molecular formula is C18H20N2O3S. The number of hydrogen-bond donors (Lipinski definition) is 2. The topological polar surface area (TPSA) is 89.3 Å². The Kier molecular flexibility index (Phi) is 4.32. The average molecular weight is 344 g/mol. The van der Waals surface area contributed by atoms with Crippen LogP contribution in [0.5, 0.6) is 0 Å². The molecule has 1 aliphatic rings. The quantitative estimate of drug-likeness (QED) is 0.894. The van der Waals surface area contributed by atoms with E-state index in [4.69, 9.17) is 5.73 Å². The van der Waals surface area contributed by atoms with Gasteiger partial charge >= 0.3 is 0 Å². The largest absolute Gasteiger partial charge is 0.366 e. The van der Waals surface area contributed by atoms with Crippen LogP contribution in [-0.4, -0.2) is 14.3 Å². The fourth-order valence-corrected chi connectivity index (χ4v) is 4.27. The molecule has 0 heterocycles. The minimum absolute atomic E-state index is 0.243. The van der Waals surface area contributed by atoms with Crippen molar-refractivity contribution in [3.63, 3.8) is 0 Å². The summed E-state index contributed by atoms with van der Waals surface area (Å²) in [6, 6.07) is 10.1. The second-order valence-corrected chi connectivity index (χ2v) is 7.77. The SMILES string of the molecule is Cc1c(NS(=O)(=O)c2ccc3c(c2)CCCC3)cccc1C(N)=O. The Morgan fingerprint density at radius 3 is 2.50 bits per heavy atom. The summed E-state index contributed by atoms with van der Waals surface area (Å²) in [6.45, 7) is 1.67. The maximum atomic E-state index is 12.7. The van der Waals surface area contributed by atoms with Gasteiger partial charge in [0.15, 0.2) is 0 Å². The predicted molar refractivity (Wildman–Crippen MR) is 93.6 cm³/mol. The van der Waals surface area contributed by atoms with E-state index in [2.05, 4.69) is 4.72 Å². The Hall–Kier alpha value is -2.34. The molecule has 1 aliphatic carbocycles. The molecule has 0 atom stereocenters. The van der Waals surface area contributed by atoms with Gasteiger partial charge in [-0.25, -0.2) is 8.42 Å². The number of hydrogen-bond acceptors (Lipinski definition) is 3. The number of nitrogens with one attached hydrogen (secondary N) is 1. The summed E-state index contributed by atoms with van der Waals surface area (Å²) >= 11 is 0. The first-order valence-corrected chi connectivity index (χ1v) is 9.41. The molecule has 6 heteroatoms. The van der Waals surface area contributed by atoms with Crippen molar-refractivity contribution >= 4 is 21.6 Å². The van der Waals surface area contributed by atoms with Crippen LogP contribution in [0.3, 0.4) is 0 Å². The number of anilines is 1. The van der Waals surface area contributed by atoms with E-state index in [0.29, 0.717) is 16.8 Å². The van der Waals surface area contributed by atoms with Crippen LogP contribution in [0.15, 0.2) is 41.3 Å². The number of rotatable bonds is 4. The predicted octanol–water partition coefficient (Wildman–Crippen LogP) is 2.77. The molecule has 0 saturated heterocycles. The molecule has 24 heavy (non-hydrogen) atoms. The highest BCUT2D eigenvalue weighted by Crippen LogP contribution is 2.26. The highest BCUT2D eigenvalue weighted by Gasteiger charge is 2.19. The summed E-state index contributed by atoms with van der Waals surface area (Å²) in [6.07, 6.45) is 4.15. The van der Waals surface area contributed by atoms with Gasteiger partial charge in [-0.1, -0.05) is 12.1 Å². The molecule has 0 unspecified atom stereocenters. The number of fused-ring (bicyclic) bond motifs is 1. The molecule has 2 aromatic carbocycles. The van der Waals surface area contributed by atoms with Crippen LogP contribution in [0.1, 0.15) is 39.9 Å². The van der Waals surface area contributed by atoms with Crippen molar-refractivity contribution < 1.29 is 13.2 Å². The molecule has 0 aromatic heterocycles. The van der Waals surface area contributed by atoms with E-state index in [0.717, 1.165) is 31.2 Å². The van der Waals surface area contributed by atoms with Gasteiger partial charge in [-0.3, -0.25) is 9.52 Å². The number of aryl methyl sites for hydroxylation is 2. The van der Waals surface area contributed by atoms with Gasteiger partial charge in [0.1, 0.15) is 0 Å². The fraction of sp³-hybridized carbons (Fsp3) is 0.278. The number of carbonyl (C=O) groups is 1. The van der Waals surface area contributed by atoms with Crippen molar-refractivity contribution in [1.82, 2.24) is 0 Å². The molecule has 2 aromatic rings. The van der Waals surface area contributed by atoms with E-state index in [1.165, 1.54) is 5.56 Å². The van der Waals surface area contributed by atoms with Crippen molar-refractivity contribution in [3.05, 3.63) is 58.7 Å². The molecule has 3 N–H and O–H groups in total. The van der Waals surface area contributed by atoms with Gasteiger partial charge in [-0.15, -0.1) is 0 Å². The molecule has 1 amide bonds. The van der Waals surface area contributed by atoms with Crippen LogP contribution < -0.4 is 10.5 Å². The van der Waals surface area contributed by atoms with Crippen LogP contribution in [0.2, 0.25) is 0 Å². The molecule has 126 valence electrons. The van der Waals surface area contributed by atoms with Crippen LogP contribution in [-0.2, 0) is 22.9 Å². The van der Waals surface area contributed by atoms with Crippen molar-refractivity contribution in [3.8, 4) is 0 Å². The number of carbonyl (C=O) groups excluding carboxylic acids is 1. The molecule has 0 bridgehead atoms. The molecular weight excluding hydrogens is 324 g/mol. The van der Waals surface area contributed by atoms with Gasteiger partial charge in [0.25, 0.3) is 10.0 Å². The minimum Gasteiger partial charge on any atom is -0.366 e. The van der Waals surface area contributed by atoms with Gasteiger partial charge in [-0.05, 0) is 73.6 Å². The monoisotopic (exact) mass is 344 g/mol. The van der Waals surface area contributed by atoms with E-state index in [1.807, 2.05) is 6.07 Å². The number of sulfonamides is 1. The summed E-state index contributed by atoms with van der Waals surface area (Å²) in [7, 11) is -3.71. The van der Waals surface area contributed by atoms with Crippen LogP contribution >= 0.6 is 0 Å². The van der Waals surface area contributed by atoms with Gasteiger partial charge in [0.2, 0.25) is 5.91 Å². The van der Waals surface area contributed by atoms with E-state index in [1.54, 1.807) is 37.3 Å². The Balaban J connectivity index is 1.95. The van der Waals surface area contributed by atoms with Gasteiger partial charge < -0.3 is 5.73 Å². The highest BCUT2D eigenvalue weighted by atomic mass is 32.2. The summed E-state index contributed by atoms with van der Waals surface area (Å²) in [5.41, 5.74) is 8.84. The first kappa shape index (κ1) is 16.5. The lowest BCUT2D eigenvalue weighted by Gasteiger charge is -2.17. The summed E-state index contributed by atoms with van der Waals surface area (Å²) in [5.74, 6) is -0.581. The third-order valence-electron chi connectivity index (χ3n) is 4.47. The summed E-state index contributed by atoms with van der Waals surface area (Å²) in [5, 5.41) is 0. The van der Waals surface area contributed by atoms with Crippen LogP contribution in [0, 0.1) is 6.92 Å². The van der Waals surface area contributed by atoms with E-state index >= 15 is 0 Å². The van der Waals surface area contributed by atoms with Gasteiger partial charge in [0.05, 0.1) is 10.6 Å². The molecule has 0 spiro atoms. The number of amides is 1. The van der Waals surface area contributed by atoms with Crippen LogP contribution in [0.4, 0.5) is 5.69 Å². The maximum Gasteiger partial charge on any atom is 0.261 e. The van der Waals surface area contributed by atoms with E-state index < -0.39 is 15.9 Å². The van der Waals surface area contributed by atoms with Gasteiger partial charge in [0, 0.05) is 5.56 Å². The lowest BCUT2D eigenvalue weighted by atomic mass is 9.92. The lowest BCUT2D eigenvalue weighted by molar-refractivity contribution is 0.0999. The zero-order chi connectivity index (χ0) is 17.3. The van der Waals surface area contributed by atoms with E-state index in [9.17, 15) is 13.2 Å².